The SMILES string of the molecule is c1ccc(N(c2ccccc2)c2ncnc3c(-n4c5ccccc5c5ccccc54)cn(-c4cccnc4)c23)cc1. The van der Waals surface area contributed by atoms with E-state index in [-0.39, 0.29) is 0 Å². The number of nitrogens with zero attached hydrogens (tertiary/aromatic N) is 6. The summed E-state index contributed by atoms with van der Waals surface area (Å²) in [6, 6.07) is 41.8. The van der Waals surface area contributed by atoms with Crippen molar-refractivity contribution in [2.75, 3.05) is 4.90 Å². The Labute approximate surface area is 236 Å². The average Bonchev–Trinajstić information content (AvgIpc) is 3.59. The Kier molecular flexibility index (Phi) is 5.35. The number of benzene rings is 4. The Balaban J connectivity index is 1.50. The molecule has 4 aromatic heterocycles. The van der Waals surface area contributed by atoms with Gasteiger partial charge in [-0.3, -0.25) is 9.88 Å². The fourth-order valence-electron chi connectivity index (χ4n) is 5.78. The van der Waals surface area contributed by atoms with E-state index in [1.807, 2.05) is 48.7 Å². The van der Waals surface area contributed by atoms with E-state index in [0.29, 0.717) is 0 Å². The van der Waals surface area contributed by atoms with Gasteiger partial charge in [-0.1, -0.05) is 72.8 Å². The van der Waals surface area contributed by atoms with Crippen molar-refractivity contribution in [3.05, 3.63) is 146 Å². The van der Waals surface area contributed by atoms with Crippen LogP contribution in [-0.4, -0.2) is 24.1 Å². The molecule has 0 saturated carbocycles. The second-order valence-electron chi connectivity index (χ2n) is 9.87. The first-order valence-electron chi connectivity index (χ1n) is 13.5. The molecule has 0 aliphatic rings. The highest BCUT2D eigenvalue weighted by molar-refractivity contribution is 6.11. The van der Waals surface area contributed by atoms with E-state index >= 15 is 0 Å². The van der Waals surface area contributed by atoms with Gasteiger partial charge in [-0.25, -0.2) is 9.97 Å². The lowest BCUT2D eigenvalue weighted by Gasteiger charge is -2.25. The number of hydrogen-bond donors (Lipinski definition) is 0. The van der Waals surface area contributed by atoms with E-state index in [9.17, 15) is 0 Å². The molecule has 4 heterocycles. The predicted octanol–water partition coefficient (Wildman–Crippen LogP) is 8.38. The smallest absolute Gasteiger partial charge is 0.166 e. The fourth-order valence-corrected chi connectivity index (χ4v) is 5.78. The third kappa shape index (κ3) is 3.69. The maximum atomic E-state index is 4.93. The maximum absolute atomic E-state index is 4.93. The van der Waals surface area contributed by atoms with Crippen molar-refractivity contribution in [2.24, 2.45) is 0 Å². The summed E-state index contributed by atoms with van der Waals surface area (Å²) in [7, 11) is 0. The van der Waals surface area contributed by atoms with Crippen LogP contribution < -0.4 is 4.90 Å². The first kappa shape index (κ1) is 23.2. The molecule has 0 radical (unpaired) electrons. The van der Waals surface area contributed by atoms with E-state index in [0.717, 1.165) is 50.6 Å². The van der Waals surface area contributed by atoms with Gasteiger partial charge in [-0.2, -0.15) is 0 Å². The lowest BCUT2D eigenvalue weighted by molar-refractivity contribution is 1.06. The molecule has 41 heavy (non-hydrogen) atoms. The van der Waals surface area contributed by atoms with Crippen LogP contribution in [0.5, 0.6) is 0 Å². The van der Waals surface area contributed by atoms with E-state index in [1.165, 1.54) is 10.8 Å². The van der Waals surface area contributed by atoms with Gasteiger partial charge in [0, 0.05) is 34.5 Å². The van der Waals surface area contributed by atoms with Crippen molar-refractivity contribution in [1.82, 2.24) is 24.1 Å². The van der Waals surface area contributed by atoms with Crippen molar-refractivity contribution in [2.45, 2.75) is 0 Å². The molecule has 0 saturated heterocycles. The summed E-state index contributed by atoms with van der Waals surface area (Å²) < 4.78 is 4.47. The van der Waals surface area contributed by atoms with Crippen LogP contribution in [0, 0.1) is 0 Å². The molecule has 0 unspecified atom stereocenters. The Bertz CT molecular complexity index is 2060. The minimum absolute atomic E-state index is 0.781. The van der Waals surface area contributed by atoms with Crippen LogP contribution >= 0.6 is 0 Å². The van der Waals surface area contributed by atoms with E-state index < -0.39 is 0 Å². The van der Waals surface area contributed by atoms with Gasteiger partial charge >= 0.3 is 0 Å². The third-order valence-corrected chi connectivity index (χ3v) is 7.52. The highest BCUT2D eigenvalue weighted by atomic mass is 15.2. The molecule has 8 aromatic rings. The molecule has 0 amide bonds. The first-order chi connectivity index (χ1) is 20.4. The van der Waals surface area contributed by atoms with Gasteiger partial charge < -0.3 is 9.13 Å². The molecule has 0 aliphatic heterocycles. The molecule has 0 bridgehead atoms. The lowest BCUT2D eigenvalue weighted by atomic mass is 10.2. The number of pyridine rings is 1. The minimum atomic E-state index is 0.781. The zero-order chi connectivity index (χ0) is 27.2. The molecule has 0 spiro atoms. The molecular formula is C35H24N6. The molecule has 0 fully saturated rings. The monoisotopic (exact) mass is 528 g/mol. The van der Waals surface area contributed by atoms with Crippen LogP contribution in [-0.2, 0) is 0 Å². The number of hydrogen-bond acceptors (Lipinski definition) is 4. The van der Waals surface area contributed by atoms with Gasteiger partial charge in [-0.15, -0.1) is 0 Å². The van der Waals surface area contributed by atoms with E-state index in [1.54, 1.807) is 12.5 Å². The van der Waals surface area contributed by atoms with Crippen LogP contribution in [0.2, 0.25) is 0 Å². The lowest BCUT2D eigenvalue weighted by Crippen LogP contribution is -2.13. The number of anilines is 3. The summed E-state index contributed by atoms with van der Waals surface area (Å²) in [4.78, 5) is 16.5. The van der Waals surface area contributed by atoms with Crippen molar-refractivity contribution in [3.63, 3.8) is 0 Å². The molecule has 4 aromatic carbocycles. The molecule has 8 rings (SSSR count). The summed E-state index contributed by atoms with van der Waals surface area (Å²) in [6.45, 7) is 0. The maximum Gasteiger partial charge on any atom is 0.166 e. The molecule has 0 atom stereocenters. The van der Waals surface area contributed by atoms with Gasteiger partial charge in [0.05, 0.1) is 28.6 Å². The molecule has 0 aliphatic carbocycles. The van der Waals surface area contributed by atoms with Crippen molar-refractivity contribution >= 4 is 50.0 Å². The number of fused-ring (bicyclic) bond motifs is 4. The molecule has 6 heteroatoms. The largest absolute Gasteiger partial charge is 0.308 e. The number of para-hydroxylation sites is 4. The Morgan fingerprint density at radius 2 is 1.20 bits per heavy atom. The Hall–Kier alpha value is -5.75. The van der Waals surface area contributed by atoms with Crippen molar-refractivity contribution in [1.29, 1.82) is 0 Å². The number of aromatic nitrogens is 5. The van der Waals surface area contributed by atoms with Gasteiger partial charge in [0.1, 0.15) is 17.4 Å². The Morgan fingerprint density at radius 3 is 1.80 bits per heavy atom. The predicted molar refractivity (Wildman–Crippen MR) is 166 cm³/mol. The molecular weight excluding hydrogens is 504 g/mol. The highest BCUT2D eigenvalue weighted by Crippen LogP contribution is 2.41. The minimum Gasteiger partial charge on any atom is -0.308 e. The highest BCUT2D eigenvalue weighted by Gasteiger charge is 2.24. The summed E-state index contributed by atoms with van der Waals surface area (Å²) in [5, 5.41) is 2.41. The summed E-state index contributed by atoms with van der Waals surface area (Å²) in [5.74, 6) is 0.781. The fraction of sp³-hybridized carbons (Fsp3) is 0. The summed E-state index contributed by atoms with van der Waals surface area (Å²) in [6.07, 6.45) is 7.50. The molecule has 194 valence electrons. The van der Waals surface area contributed by atoms with Crippen molar-refractivity contribution < 1.29 is 0 Å². The van der Waals surface area contributed by atoms with Gasteiger partial charge in [0.25, 0.3) is 0 Å². The zero-order valence-electron chi connectivity index (χ0n) is 22.0. The zero-order valence-corrected chi connectivity index (χ0v) is 22.0. The van der Waals surface area contributed by atoms with E-state index in [2.05, 4.69) is 104 Å². The van der Waals surface area contributed by atoms with E-state index in [4.69, 9.17) is 9.97 Å². The summed E-state index contributed by atoms with van der Waals surface area (Å²) >= 11 is 0. The van der Waals surface area contributed by atoms with Crippen molar-refractivity contribution in [3.8, 4) is 11.4 Å². The van der Waals surface area contributed by atoms with Gasteiger partial charge in [-0.05, 0) is 48.5 Å². The van der Waals surface area contributed by atoms with Crippen LogP contribution in [0.15, 0.2) is 146 Å². The number of rotatable bonds is 5. The van der Waals surface area contributed by atoms with Gasteiger partial charge in [0.15, 0.2) is 5.82 Å². The van der Waals surface area contributed by atoms with Crippen LogP contribution in [0.25, 0.3) is 44.2 Å². The van der Waals surface area contributed by atoms with Gasteiger partial charge in [0.2, 0.25) is 0 Å². The standard InChI is InChI=1S/C35H24N6/c1-3-12-25(13-4-1)40(26-14-5-2-6-15-26)35-34-33(37-24-38-35)32(23-39(34)27-16-11-21-36-22-27)41-30-19-9-7-17-28(30)29-18-8-10-20-31(29)41/h1-24H. The summed E-state index contributed by atoms with van der Waals surface area (Å²) in [5.41, 5.74) is 7.93. The molecule has 0 N–H and O–H groups in total. The average molecular weight is 529 g/mol. The topological polar surface area (TPSA) is 51.8 Å². The normalized spacial score (nSPS) is 11.4. The Morgan fingerprint density at radius 1 is 0.585 bits per heavy atom. The van der Waals surface area contributed by atoms with Crippen LogP contribution in [0.1, 0.15) is 0 Å². The second kappa shape index (κ2) is 9.47. The second-order valence-corrected chi connectivity index (χ2v) is 9.87. The third-order valence-electron chi connectivity index (χ3n) is 7.52. The first-order valence-corrected chi connectivity index (χ1v) is 13.5. The van der Waals surface area contributed by atoms with Crippen LogP contribution in [0.4, 0.5) is 17.2 Å². The van der Waals surface area contributed by atoms with Crippen LogP contribution in [0.3, 0.4) is 0 Å². The quantitative estimate of drug-likeness (QED) is 0.225. The molecule has 6 nitrogen and oxygen atoms in total.